The Balaban J connectivity index is 1.91. The number of benzene rings is 2. The molecule has 106 valence electrons. The minimum absolute atomic E-state index is 0.409. The normalized spacial score (nSPS) is 12.2. The van der Waals surface area contributed by atoms with Crippen molar-refractivity contribution in [3.8, 4) is 5.75 Å². The van der Waals surface area contributed by atoms with Gasteiger partial charge in [-0.3, -0.25) is 0 Å². The van der Waals surface area contributed by atoms with Gasteiger partial charge in [-0.15, -0.1) is 0 Å². The SMILES string of the molecule is COc1ccccc1CC(C)NCc1cccc(C)c1. The molecule has 0 radical (unpaired) electrons. The molecule has 0 aromatic heterocycles. The maximum absolute atomic E-state index is 5.40. The highest BCUT2D eigenvalue weighted by molar-refractivity contribution is 5.33. The lowest BCUT2D eigenvalue weighted by Gasteiger charge is -2.16. The smallest absolute Gasteiger partial charge is 0.122 e. The Kier molecular flexibility index (Phi) is 5.19. The molecule has 0 aliphatic carbocycles. The molecule has 0 saturated carbocycles. The summed E-state index contributed by atoms with van der Waals surface area (Å²) in [5.41, 5.74) is 3.89. The first kappa shape index (κ1) is 14.6. The average Bonchev–Trinajstić information content (AvgIpc) is 2.46. The lowest BCUT2D eigenvalue weighted by molar-refractivity contribution is 0.406. The number of hydrogen-bond acceptors (Lipinski definition) is 2. The van der Waals surface area contributed by atoms with Crippen molar-refractivity contribution in [1.82, 2.24) is 5.32 Å². The molecule has 0 aliphatic heterocycles. The van der Waals surface area contributed by atoms with E-state index in [9.17, 15) is 0 Å². The Morgan fingerprint density at radius 3 is 2.65 bits per heavy atom. The van der Waals surface area contributed by atoms with E-state index >= 15 is 0 Å². The molecule has 1 unspecified atom stereocenters. The maximum atomic E-state index is 5.40. The monoisotopic (exact) mass is 269 g/mol. The van der Waals surface area contributed by atoms with Crippen LogP contribution in [0.15, 0.2) is 48.5 Å². The number of nitrogens with one attached hydrogen (secondary N) is 1. The zero-order valence-electron chi connectivity index (χ0n) is 12.5. The van der Waals surface area contributed by atoms with Crippen LogP contribution in [-0.2, 0) is 13.0 Å². The fourth-order valence-corrected chi connectivity index (χ4v) is 2.39. The van der Waals surface area contributed by atoms with Gasteiger partial charge in [-0.1, -0.05) is 48.0 Å². The second-order valence-corrected chi connectivity index (χ2v) is 5.29. The predicted octanol–water partition coefficient (Wildman–Crippen LogP) is 3.72. The molecule has 0 heterocycles. The topological polar surface area (TPSA) is 21.3 Å². The number of aryl methyl sites for hydroxylation is 1. The Bertz CT molecular complexity index is 551. The van der Waals surface area contributed by atoms with E-state index in [2.05, 4.69) is 55.6 Å². The van der Waals surface area contributed by atoms with Gasteiger partial charge in [0.25, 0.3) is 0 Å². The van der Waals surface area contributed by atoms with Crippen molar-refractivity contribution < 1.29 is 4.74 Å². The molecular formula is C18H23NO. The zero-order chi connectivity index (χ0) is 14.4. The largest absolute Gasteiger partial charge is 0.496 e. The molecule has 2 aromatic carbocycles. The van der Waals surface area contributed by atoms with E-state index in [-0.39, 0.29) is 0 Å². The highest BCUT2D eigenvalue weighted by Gasteiger charge is 2.07. The van der Waals surface area contributed by atoms with E-state index in [1.54, 1.807) is 7.11 Å². The van der Waals surface area contributed by atoms with Crippen LogP contribution in [0.25, 0.3) is 0 Å². The van der Waals surface area contributed by atoms with Crippen LogP contribution in [0.4, 0.5) is 0 Å². The number of methoxy groups -OCH3 is 1. The lowest BCUT2D eigenvalue weighted by atomic mass is 10.1. The zero-order valence-corrected chi connectivity index (χ0v) is 12.5. The Morgan fingerprint density at radius 2 is 1.90 bits per heavy atom. The summed E-state index contributed by atoms with van der Waals surface area (Å²) < 4.78 is 5.40. The molecule has 0 aliphatic rings. The minimum Gasteiger partial charge on any atom is -0.496 e. The summed E-state index contributed by atoms with van der Waals surface area (Å²) in [5.74, 6) is 0.969. The third-order valence-electron chi connectivity index (χ3n) is 3.46. The predicted molar refractivity (Wildman–Crippen MR) is 84.2 cm³/mol. The summed E-state index contributed by atoms with van der Waals surface area (Å²) in [6, 6.07) is 17.2. The molecule has 1 N–H and O–H groups in total. The van der Waals surface area contributed by atoms with Gasteiger partial charge in [0.15, 0.2) is 0 Å². The summed E-state index contributed by atoms with van der Waals surface area (Å²) in [7, 11) is 1.73. The van der Waals surface area contributed by atoms with Gasteiger partial charge in [0, 0.05) is 12.6 Å². The van der Waals surface area contributed by atoms with E-state index in [1.165, 1.54) is 16.7 Å². The summed E-state index contributed by atoms with van der Waals surface area (Å²) >= 11 is 0. The van der Waals surface area contributed by atoms with Crippen molar-refractivity contribution in [1.29, 1.82) is 0 Å². The third-order valence-corrected chi connectivity index (χ3v) is 3.46. The van der Waals surface area contributed by atoms with Crippen molar-refractivity contribution in [2.45, 2.75) is 32.9 Å². The van der Waals surface area contributed by atoms with Gasteiger partial charge in [-0.25, -0.2) is 0 Å². The molecule has 0 amide bonds. The van der Waals surface area contributed by atoms with E-state index < -0.39 is 0 Å². The first-order valence-corrected chi connectivity index (χ1v) is 7.10. The molecule has 0 spiro atoms. The molecule has 2 aromatic rings. The molecule has 0 fully saturated rings. The van der Waals surface area contributed by atoms with Crippen molar-refractivity contribution in [3.63, 3.8) is 0 Å². The fraction of sp³-hybridized carbons (Fsp3) is 0.333. The quantitative estimate of drug-likeness (QED) is 0.863. The average molecular weight is 269 g/mol. The maximum Gasteiger partial charge on any atom is 0.122 e. The Morgan fingerprint density at radius 1 is 1.10 bits per heavy atom. The molecule has 2 rings (SSSR count). The van der Waals surface area contributed by atoms with Crippen LogP contribution in [0.1, 0.15) is 23.6 Å². The number of para-hydroxylation sites is 1. The second-order valence-electron chi connectivity index (χ2n) is 5.29. The highest BCUT2D eigenvalue weighted by Crippen LogP contribution is 2.19. The van der Waals surface area contributed by atoms with E-state index in [4.69, 9.17) is 4.74 Å². The number of rotatable bonds is 6. The Labute approximate surface area is 121 Å². The van der Waals surface area contributed by atoms with Crippen molar-refractivity contribution in [3.05, 3.63) is 65.2 Å². The molecular weight excluding hydrogens is 246 g/mol. The summed E-state index contributed by atoms with van der Waals surface area (Å²) in [6.45, 7) is 5.24. The van der Waals surface area contributed by atoms with E-state index in [0.29, 0.717) is 6.04 Å². The van der Waals surface area contributed by atoms with Gasteiger partial charge >= 0.3 is 0 Å². The van der Waals surface area contributed by atoms with Gasteiger partial charge in [0.2, 0.25) is 0 Å². The summed E-state index contributed by atoms with van der Waals surface area (Å²) in [6.07, 6.45) is 0.968. The van der Waals surface area contributed by atoms with Crippen LogP contribution in [0.3, 0.4) is 0 Å². The summed E-state index contributed by atoms with van der Waals surface area (Å²) in [5, 5.41) is 3.57. The second kappa shape index (κ2) is 7.11. The first-order chi connectivity index (χ1) is 9.69. The molecule has 2 heteroatoms. The van der Waals surface area contributed by atoms with Gasteiger partial charge in [-0.05, 0) is 37.5 Å². The van der Waals surface area contributed by atoms with Crippen molar-refractivity contribution in [2.24, 2.45) is 0 Å². The van der Waals surface area contributed by atoms with E-state index in [0.717, 1.165) is 18.7 Å². The Hall–Kier alpha value is -1.80. The van der Waals surface area contributed by atoms with Gasteiger partial charge in [0.05, 0.1) is 7.11 Å². The van der Waals surface area contributed by atoms with E-state index in [1.807, 2.05) is 12.1 Å². The molecule has 2 nitrogen and oxygen atoms in total. The fourth-order valence-electron chi connectivity index (χ4n) is 2.39. The van der Waals surface area contributed by atoms with Crippen LogP contribution >= 0.6 is 0 Å². The van der Waals surface area contributed by atoms with Crippen LogP contribution in [0.5, 0.6) is 5.75 Å². The number of ether oxygens (including phenoxy) is 1. The standard InChI is InChI=1S/C18H23NO/c1-14-7-6-8-16(11-14)13-19-15(2)12-17-9-4-5-10-18(17)20-3/h4-11,15,19H,12-13H2,1-3H3. The number of hydrogen-bond donors (Lipinski definition) is 1. The first-order valence-electron chi connectivity index (χ1n) is 7.10. The van der Waals surface area contributed by atoms with Crippen LogP contribution < -0.4 is 10.1 Å². The highest BCUT2D eigenvalue weighted by atomic mass is 16.5. The lowest BCUT2D eigenvalue weighted by Crippen LogP contribution is -2.27. The van der Waals surface area contributed by atoms with Crippen LogP contribution in [-0.4, -0.2) is 13.2 Å². The molecule has 20 heavy (non-hydrogen) atoms. The van der Waals surface area contributed by atoms with Crippen molar-refractivity contribution in [2.75, 3.05) is 7.11 Å². The van der Waals surface area contributed by atoms with Crippen molar-refractivity contribution >= 4 is 0 Å². The van der Waals surface area contributed by atoms with Crippen LogP contribution in [0.2, 0.25) is 0 Å². The van der Waals surface area contributed by atoms with Crippen LogP contribution in [0, 0.1) is 6.92 Å². The minimum atomic E-state index is 0.409. The third kappa shape index (κ3) is 4.10. The van der Waals surface area contributed by atoms with Gasteiger partial charge in [-0.2, -0.15) is 0 Å². The molecule has 0 saturated heterocycles. The van der Waals surface area contributed by atoms with Gasteiger partial charge < -0.3 is 10.1 Å². The summed E-state index contributed by atoms with van der Waals surface area (Å²) in [4.78, 5) is 0. The van der Waals surface area contributed by atoms with Gasteiger partial charge in [0.1, 0.15) is 5.75 Å². The molecule has 0 bridgehead atoms. The molecule has 1 atom stereocenters.